The van der Waals surface area contributed by atoms with E-state index in [0.29, 0.717) is 30.8 Å². The number of aryl methyl sites for hydroxylation is 3. The number of aliphatic imine (C=N–C) groups is 1. The maximum absolute atomic E-state index is 13.3. The van der Waals surface area contributed by atoms with Gasteiger partial charge in [0, 0.05) is 31.4 Å². The minimum atomic E-state index is -3.53. The van der Waals surface area contributed by atoms with Crippen LogP contribution in [0.4, 0.5) is 10.5 Å². The normalized spacial score (nSPS) is 17.1. The number of amides is 3. The zero-order chi connectivity index (χ0) is 29.1. The Labute approximate surface area is 237 Å². The number of sulfonamides is 1. The quantitative estimate of drug-likeness (QED) is 0.423. The van der Waals surface area contributed by atoms with Gasteiger partial charge in [-0.3, -0.25) is 14.7 Å². The minimum absolute atomic E-state index is 0.0298. The van der Waals surface area contributed by atoms with Gasteiger partial charge in [-0.25, -0.2) is 17.5 Å². The lowest BCUT2D eigenvalue weighted by Gasteiger charge is -2.34. The van der Waals surface area contributed by atoms with Gasteiger partial charge in [-0.2, -0.15) is 0 Å². The molecule has 40 heavy (non-hydrogen) atoms. The van der Waals surface area contributed by atoms with Gasteiger partial charge in [0.05, 0.1) is 5.75 Å². The number of nitrogens with one attached hydrogen (secondary N) is 1. The van der Waals surface area contributed by atoms with E-state index in [1.807, 2.05) is 38.1 Å². The fourth-order valence-electron chi connectivity index (χ4n) is 5.58. The number of carbonyl (C=O) groups excluding carboxylic acids is 2. The molecule has 216 valence electrons. The molecule has 2 aromatic rings. The topological polar surface area (TPSA) is 125 Å². The molecule has 4 rings (SSSR count). The average molecular weight is 568 g/mol. The van der Waals surface area contributed by atoms with Crippen molar-refractivity contribution in [3.63, 3.8) is 0 Å². The molecule has 2 aliphatic rings. The molecule has 1 fully saturated rings. The van der Waals surface area contributed by atoms with Gasteiger partial charge in [0.2, 0.25) is 10.0 Å². The maximum Gasteiger partial charge on any atom is 0.318 e. The van der Waals surface area contributed by atoms with Crippen molar-refractivity contribution in [2.75, 3.05) is 30.8 Å². The van der Waals surface area contributed by atoms with E-state index < -0.39 is 21.6 Å². The van der Waals surface area contributed by atoms with Gasteiger partial charge in [0.15, 0.2) is 0 Å². The van der Waals surface area contributed by atoms with E-state index in [-0.39, 0.29) is 24.7 Å². The number of carbonyl (C=O) groups is 2. The van der Waals surface area contributed by atoms with Gasteiger partial charge < -0.3 is 11.1 Å². The number of nitrogens with zero attached hydrogens (tertiary/aromatic N) is 3. The van der Waals surface area contributed by atoms with Gasteiger partial charge in [-0.15, -0.1) is 0 Å². The number of urea groups is 1. The number of nitrogens with two attached hydrogens (primary N) is 1. The van der Waals surface area contributed by atoms with Gasteiger partial charge >= 0.3 is 6.03 Å². The van der Waals surface area contributed by atoms with Crippen LogP contribution in [-0.4, -0.2) is 61.9 Å². The third-order valence-corrected chi connectivity index (χ3v) is 10.1. The van der Waals surface area contributed by atoms with Crippen LogP contribution in [0.5, 0.6) is 0 Å². The Morgan fingerprint density at radius 2 is 1.70 bits per heavy atom. The summed E-state index contributed by atoms with van der Waals surface area (Å²) < 4.78 is 28.0. The lowest BCUT2D eigenvalue weighted by molar-refractivity contribution is -0.124. The molecule has 0 unspecified atom stereocenters. The first-order valence-electron chi connectivity index (χ1n) is 14.1. The highest BCUT2D eigenvalue weighted by Gasteiger charge is 2.47. The molecular weight excluding hydrogens is 526 g/mol. The Kier molecular flexibility index (Phi) is 8.99. The standard InChI is InChI=1S/C30H41N5O4S/c1-5-6-7-8-23-9-11-24(12-10-23)27-32-28(36)30(33-27)14-16-35(17-15-30)40(38,39)18-13-26-21(2)19-25(20-22(26)3)34(4)29(31)37/h9-12,19-20H,5-8,13-18H2,1-4H3,(H2,31,37)(H,32,33,36). The summed E-state index contributed by atoms with van der Waals surface area (Å²) in [6.45, 7) is 6.51. The highest BCUT2D eigenvalue weighted by Crippen LogP contribution is 2.32. The molecule has 0 atom stereocenters. The predicted octanol–water partition coefficient (Wildman–Crippen LogP) is 3.83. The molecule has 1 saturated heterocycles. The predicted molar refractivity (Wildman–Crippen MR) is 159 cm³/mol. The third-order valence-electron chi connectivity index (χ3n) is 8.23. The van der Waals surface area contributed by atoms with Crippen molar-refractivity contribution >= 4 is 33.5 Å². The number of unbranched alkanes of at least 4 members (excludes halogenated alkanes) is 2. The van der Waals surface area contributed by atoms with Crippen LogP contribution in [0.25, 0.3) is 0 Å². The molecule has 2 heterocycles. The second-order valence-electron chi connectivity index (χ2n) is 11.0. The number of amidine groups is 1. The van der Waals surface area contributed by atoms with E-state index in [0.717, 1.165) is 35.1 Å². The zero-order valence-electron chi connectivity index (χ0n) is 24.0. The van der Waals surface area contributed by atoms with Crippen LogP contribution in [0, 0.1) is 13.8 Å². The largest absolute Gasteiger partial charge is 0.351 e. The summed E-state index contributed by atoms with van der Waals surface area (Å²) in [6, 6.07) is 11.3. The Morgan fingerprint density at radius 1 is 1.07 bits per heavy atom. The minimum Gasteiger partial charge on any atom is -0.351 e. The van der Waals surface area contributed by atoms with E-state index in [9.17, 15) is 18.0 Å². The van der Waals surface area contributed by atoms with E-state index in [2.05, 4.69) is 24.4 Å². The van der Waals surface area contributed by atoms with Gasteiger partial charge in [-0.1, -0.05) is 44.0 Å². The van der Waals surface area contributed by atoms with Crippen molar-refractivity contribution in [1.29, 1.82) is 0 Å². The monoisotopic (exact) mass is 567 g/mol. The second-order valence-corrected chi connectivity index (χ2v) is 13.1. The average Bonchev–Trinajstić information content (AvgIpc) is 3.23. The Hall–Kier alpha value is -3.24. The van der Waals surface area contributed by atoms with Gasteiger partial charge in [0.1, 0.15) is 11.4 Å². The lowest BCUT2D eigenvalue weighted by atomic mass is 9.89. The highest BCUT2D eigenvalue weighted by molar-refractivity contribution is 7.89. The third kappa shape index (κ3) is 6.39. The zero-order valence-corrected chi connectivity index (χ0v) is 24.8. The maximum atomic E-state index is 13.3. The number of piperidine rings is 1. The van der Waals surface area contributed by atoms with Crippen LogP contribution in [0.2, 0.25) is 0 Å². The summed E-state index contributed by atoms with van der Waals surface area (Å²) in [4.78, 5) is 30.7. The summed E-state index contributed by atoms with van der Waals surface area (Å²) in [5.74, 6) is 0.384. The van der Waals surface area contributed by atoms with Crippen molar-refractivity contribution < 1.29 is 18.0 Å². The molecule has 3 amide bonds. The molecular formula is C30H41N5O4S. The van der Waals surface area contributed by atoms with Gasteiger partial charge in [0.25, 0.3) is 5.91 Å². The van der Waals surface area contributed by atoms with Crippen LogP contribution < -0.4 is 16.0 Å². The number of hydrogen-bond acceptors (Lipinski definition) is 5. The number of rotatable bonds is 10. The molecule has 0 radical (unpaired) electrons. The molecule has 1 spiro atoms. The van der Waals surface area contributed by atoms with E-state index in [1.54, 1.807) is 7.05 Å². The van der Waals surface area contributed by atoms with Crippen molar-refractivity contribution in [3.8, 4) is 0 Å². The van der Waals surface area contributed by atoms with Crippen molar-refractivity contribution in [2.24, 2.45) is 10.7 Å². The molecule has 9 nitrogen and oxygen atoms in total. The summed E-state index contributed by atoms with van der Waals surface area (Å²) in [7, 11) is -1.93. The van der Waals surface area contributed by atoms with Crippen molar-refractivity contribution in [2.45, 2.75) is 71.3 Å². The molecule has 10 heteroatoms. The van der Waals surface area contributed by atoms with E-state index in [1.165, 1.54) is 27.6 Å². The highest BCUT2D eigenvalue weighted by atomic mass is 32.2. The number of benzene rings is 2. The number of anilines is 1. The Bertz CT molecular complexity index is 1370. The van der Waals surface area contributed by atoms with E-state index in [4.69, 9.17) is 10.7 Å². The van der Waals surface area contributed by atoms with Crippen LogP contribution in [-0.2, 0) is 27.7 Å². The molecule has 3 N–H and O–H groups in total. The fraction of sp³-hybridized carbons (Fsp3) is 0.500. The molecule has 2 aromatic carbocycles. The first-order valence-corrected chi connectivity index (χ1v) is 15.7. The van der Waals surface area contributed by atoms with Crippen LogP contribution >= 0.6 is 0 Å². The lowest BCUT2D eigenvalue weighted by Crippen LogP contribution is -2.50. The van der Waals surface area contributed by atoms with E-state index >= 15 is 0 Å². The number of hydrogen-bond donors (Lipinski definition) is 2. The molecule has 0 saturated carbocycles. The smallest absolute Gasteiger partial charge is 0.318 e. The number of primary amides is 1. The second kappa shape index (κ2) is 12.1. The van der Waals surface area contributed by atoms with Crippen LogP contribution in [0.15, 0.2) is 41.4 Å². The summed E-state index contributed by atoms with van der Waals surface area (Å²) >= 11 is 0. The fourth-order valence-corrected chi connectivity index (χ4v) is 7.04. The van der Waals surface area contributed by atoms with Crippen LogP contribution in [0.1, 0.15) is 66.8 Å². The SMILES string of the molecule is CCCCCc1ccc(C2=NC3(CCN(S(=O)(=O)CCc4c(C)cc(N(C)C(N)=O)cc4C)CC3)C(=O)N2)cc1. The first kappa shape index (κ1) is 29.7. The molecule has 2 aliphatic heterocycles. The molecule has 0 aromatic heterocycles. The van der Waals surface area contributed by atoms with Crippen molar-refractivity contribution in [3.05, 3.63) is 64.2 Å². The Morgan fingerprint density at radius 3 is 2.27 bits per heavy atom. The Balaban J connectivity index is 1.38. The molecule has 0 bridgehead atoms. The molecule has 0 aliphatic carbocycles. The summed E-state index contributed by atoms with van der Waals surface area (Å²) in [5.41, 5.74) is 10.1. The summed E-state index contributed by atoms with van der Waals surface area (Å²) in [5, 5.41) is 2.95. The van der Waals surface area contributed by atoms with Gasteiger partial charge in [-0.05, 0) is 80.3 Å². The first-order chi connectivity index (χ1) is 19.0. The summed E-state index contributed by atoms with van der Waals surface area (Å²) in [6.07, 6.45) is 5.66. The van der Waals surface area contributed by atoms with Crippen LogP contribution in [0.3, 0.4) is 0 Å². The van der Waals surface area contributed by atoms with Crippen molar-refractivity contribution in [1.82, 2.24) is 9.62 Å².